The maximum Gasteiger partial charge on any atom is 0.416 e. The van der Waals surface area contributed by atoms with Gasteiger partial charge in [-0.2, -0.15) is 23.4 Å². The average Bonchev–Trinajstić information content (AvgIpc) is 3.48. The molecule has 5 rings (SSSR count). The molecule has 0 atom stereocenters. The van der Waals surface area contributed by atoms with Gasteiger partial charge >= 0.3 is 6.18 Å². The molecule has 4 aromatic rings. The minimum Gasteiger partial charge on any atom is -0.268 e. The zero-order valence-corrected chi connectivity index (χ0v) is 20.1. The lowest BCUT2D eigenvalue weighted by Gasteiger charge is -2.14. The molecule has 1 aliphatic heterocycles. The molecule has 0 bridgehead atoms. The molecule has 2 aromatic carbocycles. The van der Waals surface area contributed by atoms with E-state index in [-0.39, 0.29) is 28.6 Å². The van der Waals surface area contributed by atoms with Gasteiger partial charge in [-0.3, -0.25) is 24.3 Å². The van der Waals surface area contributed by atoms with Crippen molar-refractivity contribution < 1.29 is 22.8 Å². The smallest absolute Gasteiger partial charge is 0.268 e. The van der Waals surface area contributed by atoms with Crippen molar-refractivity contribution >= 4 is 51.5 Å². The van der Waals surface area contributed by atoms with Crippen LogP contribution in [0, 0.1) is 6.92 Å². The quantitative estimate of drug-likeness (QED) is 0.345. The van der Waals surface area contributed by atoms with Crippen molar-refractivity contribution in [3.05, 3.63) is 80.9 Å². The molecule has 0 radical (unpaired) electrons. The van der Waals surface area contributed by atoms with Gasteiger partial charge in [-0.1, -0.05) is 23.7 Å². The topological polar surface area (TPSA) is 96.8 Å². The first-order valence-electron chi connectivity index (χ1n) is 10.5. The van der Waals surface area contributed by atoms with Crippen LogP contribution in [0.15, 0.2) is 47.5 Å². The number of imide groups is 1. The summed E-state index contributed by atoms with van der Waals surface area (Å²) in [5.41, 5.74) is 0.481. The van der Waals surface area contributed by atoms with E-state index in [1.54, 1.807) is 31.2 Å². The van der Waals surface area contributed by atoms with E-state index in [0.717, 1.165) is 22.7 Å². The van der Waals surface area contributed by atoms with Crippen LogP contribution in [0.1, 0.15) is 28.3 Å². The van der Waals surface area contributed by atoms with Crippen LogP contribution in [0.2, 0.25) is 5.02 Å². The van der Waals surface area contributed by atoms with Crippen molar-refractivity contribution in [2.24, 2.45) is 0 Å². The fourth-order valence-corrected chi connectivity index (χ4v) is 4.83. The average molecular weight is 533 g/mol. The number of fused-ring (bicyclic) bond motifs is 1. The number of rotatable bonds is 5. The van der Waals surface area contributed by atoms with E-state index in [2.05, 4.69) is 20.3 Å². The normalized spacial score (nSPS) is 15.6. The number of H-pyrrole nitrogens is 1. The summed E-state index contributed by atoms with van der Waals surface area (Å²) in [6, 6.07) is 8.81. The number of nitrogens with zero attached hydrogens (tertiary/aromatic N) is 5. The second-order valence-corrected chi connectivity index (χ2v) is 9.45. The number of thioether (sulfide) groups is 1. The molecule has 3 heterocycles. The van der Waals surface area contributed by atoms with Crippen molar-refractivity contribution in [1.29, 1.82) is 0 Å². The number of alkyl halides is 3. The van der Waals surface area contributed by atoms with E-state index < -0.39 is 22.9 Å². The predicted octanol–water partition coefficient (Wildman–Crippen LogP) is 5.42. The maximum atomic E-state index is 13.5. The largest absolute Gasteiger partial charge is 0.416 e. The third-order valence-electron chi connectivity index (χ3n) is 5.48. The number of hydrogen-bond donors (Lipinski definition) is 1. The molecule has 36 heavy (non-hydrogen) atoms. The molecular weight excluding hydrogens is 517 g/mol. The molecule has 8 nitrogen and oxygen atoms in total. The predicted molar refractivity (Wildman–Crippen MR) is 128 cm³/mol. The van der Waals surface area contributed by atoms with E-state index in [4.69, 9.17) is 11.6 Å². The second kappa shape index (κ2) is 9.10. The number of halogens is 4. The van der Waals surface area contributed by atoms with Gasteiger partial charge in [0.05, 0.1) is 35.3 Å². The summed E-state index contributed by atoms with van der Waals surface area (Å²) in [5.74, 6) is 0.456. The van der Waals surface area contributed by atoms with Crippen molar-refractivity contribution in [3.8, 4) is 0 Å². The van der Waals surface area contributed by atoms with Crippen molar-refractivity contribution in [1.82, 2.24) is 29.9 Å². The molecule has 0 unspecified atom stereocenters. The highest BCUT2D eigenvalue weighted by Gasteiger charge is 2.36. The summed E-state index contributed by atoms with van der Waals surface area (Å²) in [6.07, 6.45) is -1.43. The molecule has 1 saturated heterocycles. The number of hydrogen-bond acceptors (Lipinski definition) is 6. The third kappa shape index (κ3) is 4.73. The lowest BCUT2D eigenvalue weighted by atomic mass is 10.1. The van der Waals surface area contributed by atoms with Crippen LogP contribution in [-0.4, -0.2) is 41.0 Å². The van der Waals surface area contributed by atoms with Gasteiger partial charge in [-0.15, -0.1) is 0 Å². The van der Waals surface area contributed by atoms with Gasteiger partial charge in [0.25, 0.3) is 11.1 Å². The Kier molecular flexibility index (Phi) is 6.08. The molecule has 2 amide bonds. The van der Waals surface area contributed by atoms with Crippen LogP contribution in [0.3, 0.4) is 0 Å². The van der Waals surface area contributed by atoms with Crippen molar-refractivity contribution in [3.63, 3.8) is 0 Å². The van der Waals surface area contributed by atoms with Crippen LogP contribution in [0.4, 0.5) is 18.0 Å². The zero-order valence-electron chi connectivity index (χ0n) is 18.5. The number of carbonyl (C=O) groups excluding carboxylic acids is 2. The highest BCUT2D eigenvalue weighted by atomic mass is 35.5. The van der Waals surface area contributed by atoms with E-state index in [9.17, 15) is 22.8 Å². The van der Waals surface area contributed by atoms with Crippen LogP contribution < -0.4 is 0 Å². The van der Waals surface area contributed by atoms with E-state index in [1.165, 1.54) is 23.0 Å². The van der Waals surface area contributed by atoms with Gasteiger partial charge in [-0.05, 0) is 60.2 Å². The van der Waals surface area contributed by atoms with Gasteiger partial charge in [0.2, 0.25) is 0 Å². The van der Waals surface area contributed by atoms with Crippen LogP contribution in [0.25, 0.3) is 17.0 Å². The third-order valence-corrected chi connectivity index (χ3v) is 6.62. The Labute approximate surface area is 211 Å². The van der Waals surface area contributed by atoms with Gasteiger partial charge in [-0.25, -0.2) is 4.98 Å². The molecule has 1 N–H and O–H groups in total. The fourth-order valence-electron chi connectivity index (χ4n) is 3.82. The number of aromatic nitrogens is 5. The van der Waals surface area contributed by atoms with Crippen LogP contribution in [0.5, 0.6) is 0 Å². The summed E-state index contributed by atoms with van der Waals surface area (Å²) in [7, 11) is 0. The van der Waals surface area contributed by atoms with E-state index in [0.29, 0.717) is 28.1 Å². The number of amides is 2. The first-order valence-corrected chi connectivity index (χ1v) is 11.7. The minimum atomic E-state index is -4.55. The van der Waals surface area contributed by atoms with Gasteiger partial charge in [0.1, 0.15) is 5.82 Å². The monoisotopic (exact) mass is 532 g/mol. The Bertz CT molecular complexity index is 1540. The van der Waals surface area contributed by atoms with E-state index >= 15 is 0 Å². The van der Waals surface area contributed by atoms with Crippen molar-refractivity contribution in [2.75, 3.05) is 0 Å². The second-order valence-electron chi connectivity index (χ2n) is 8.02. The molecule has 13 heteroatoms. The molecule has 1 aliphatic rings. The van der Waals surface area contributed by atoms with Gasteiger partial charge in [0, 0.05) is 10.4 Å². The maximum absolute atomic E-state index is 13.5. The standard InChI is InChI=1S/C23H16ClF3N6O2S/c1-12-29-20(31-30-12)11-32-21(34)19(36-22(32)35)7-13-2-5-18-15(6-13)9-28-33(18)10-14-3-4-16(24)8-17(14)23(25,26)27/h2-9H,10-11H2,1H3,(H,29,30,31)/b19-7-. The zero-order chi connectivity index (χ0) is 25.6. The Morgan fingerprint density at radius 1 is 1.14 bits per heavy atom. The van der Waals surface area contributed by atoms with Crippen molar-refractivity contribution in [2.45, 2.75) is 26.2 Å². The minimum absolute atomic E-state index is 0.00110. The fraction of sp³-hybridized carbons (Fsp3) is 0.174. The van der Waals surface area contributed by atoms with Crippen LogP contribution >= 0.6 is 23.4 Å². The number of aryl methyl sites for hydroxylation is 1. The van der Waals surface area contributed by atoms with Crippen LogP contribution in [-0.2, 0) is 24.1 Å². The number of nitrogens with one attached hydrogen (secondary N) is 1. The first kappa shape index (κ1) is 24.1. The summed E-state index contributed by atoms with van der Waals surface area (Å²) < 4.78 is 41.9. The lowest BCUT2D eigenvalue weighted by Crippen LogP contribution is -2.28. The van der Waals surface area contributed by atoms with Gasteiger partial charge in [0.15, 0.2) is 5.82 Å². The summed E-state index contributed by atoms with van der Waals surface area (Å²) in [4.78, 5) is 30.6. The number of benzene rings is 2. The molecule has 0 saturated carbocycles. The molecule has 1 fully saturated rings. The highest BCUT2D eigenvalue weighted by molar-refractivity contribution is 8.18. The van der Waals surface area contributed by atoms with Gasteiger partial charge < -0.3 is 0 Å². The number of carbonyl (C=O) groups is 2. The SMILES string of the molecule is Cc1nc(CN2C(=O)S/C(=C\c3ccc4c(cnn4Cc4ccc(Cl)cc4C(F)(F)F)c3)C2=O)n[nH]1. The summed E-state index contributed by atoms with van der Waals surface area (Å²) >= 11 is 6.59. The molecule has 0 spiro atoms. The van der Waals surface area contributed by atoms with E-state index in [1.807, 2.05) is 0 Å². The summed E-state index contributed by atoms with van der Waals surface area (Å²) in [6.45, 7) is 1.57. The summed E-state index contributed by atoms with van der Waals surface area (Å²) in [5, 5.41) is 11.1. The molecule has 184 valence electrons. The number of aromatic amines is 1. The Hall–Kier alpha value is -3.64. The lowest BCUT2D eigenvalue weighted by molar-refractivity contribution is -0.138. The molecular formula is C23H16ClF3N6O2S. The highest BCUT2D eigenvalue weighted by Crippen LogP contribution is 2.35. The Morgan fingerprint density at radius 2 is 1.94 bits per heavy atom. The molecule has 2 aromatic heterocycles. The Balaban J connectivity index is 1.39. The molecule has 0 aliphatic carbocycles. The Morgan fingerprint density at radius 3 is 2.67 bits per heavy atom. The first-order chi connectivity index (χ1) is 17.1.